The molecule has 1 unspecified atom stereocenters. The van der Waals surface area contributed by atoms with Crippen molar-refractivity contribution in [3.63, 3.8) is 0 Å². The highest BCUT2D eigenvalue weighted by Crippen LogP contribution is 2.18. The van der Waals surface area contributed by atoms with Crippen molar-refractivity contribution < 1.29 is 27.9 Å². The monoisotopic (exact) mass is 391 g/mol. The number of amides is 1. The van der Waals surface area contributed by atoms with Crippen molar-refractivity contribution in [3.05, 3.63) is 29.0 Å². The number of nitrogens with zero attached hydrogens (tertiary/aromatic N) is 3. The number of carboxylic acids is 1. The minimum Gasteiger partial charge on any atom is -0.480 e. The summed E-state index contributed by atoms with van der Waals surface area (Å²) >= 11 is 5.98. The number of carboxylic acid groups (broad SMARTS) is 1. The molecule has 25 heavy (non-hydrogen) atoms. The molecule has 0 aromatic carbocycles. The number of hydrogen-bond acceptors (Lipinski definition) is 6. The van der Waals surface area contributed by atoms with E-state index in [1.807, 2.05) is 0 Å². The number of morpholine rings is 1. The predicted octanol–water partition coefficient (Wildman–Crippen LogP) is -0.0778. The summed E-state index contributed by atoms with van der Waals surface area (Å²) in [4.78, 5) is 28.7. The van der Waals surface area contributed by atoms with Gasteiger partial charge in [-0.1, -0.05) is 11.6 Å². The van der Waals surface area contributed by atoms with E-state index in [9.17, 15) is 18.0 Å². The molecule has 11 heteroatoms. The Morgan fingerprint density at radius 2 is 2.24 bits per heavy atom. The van der Waals surface area contributed by atoms with Crippen LogP contribution in [0, 0.1) is 0 Å². The molecule has 0 bridgehead atoms. The number of rotatable bonds is 6. The quantitative estimate of drug-likeness (QED) is 0.720. The van der Waals surface area contributed by atoms with Crippen molar-refractivity contribution in [1.29, 1.82) is 0 Å². The number of sulfonamides is 1. The first-order chi connectivity index (χ1) is 11.7. The molecule has 1 aromatic heterocycles. The Kier molecular flexibility index (Phi) is 6.33. The second-order valence-electron chi connectivity index (χ2n) is 5.55. The summed E-state index contributed by atoms with van der Waals surface area (Å²) in [6, 6.07) is 1.50. The summed E-state index contributed by atoms with van der Waals surface area (Å²) < 4.78 is 29.8. The van der Waals surface area contributed by atoms with E-state index in [0.717, 1.165) is 10.6 Å². The Labute approximate surface area is 150 Å². The zero-order chi connectivity index (χ0) is 18.6. The molecule has 1 fully saturated rings. The normalized spacial score (nSPS) is 18.4. The van der Waals surface area contributed by atoms with E-state index in [-0.39, 0.29) is 30.6 Å². The maximum absolute atomic E-state index is 12.6. The summed E-state index contributed by atoms with van der Waals surface area (Å²) in [5.41, 5.74) is 0.294. The molecule has 0 spiro atoms. The Balaban J connectivity index is 2.08. The van der Waals surface area contributed by atoms with E-state index in [1.54, 1.807) is 0 Å². The molecule has 1 amide bonds. The average molecular weight is 392 g/mol. The van der Waals surface area contributed by atoms with Crippen LogP contribution in [0.25, 0.3) is 0 Å². The number of aromatic nitrogens is 1. The molecule has 0 aliphatic carbocycles. The first-order valence-corrected chi connectivity index (χ1v) is 9.58. The fraction of sp³-hybridized carbons (Fsp3) is 0.500. The van der Waals surface area contributed by atoms with Crippen molar-refractivity contribution >= 4 is 33.5 Å². The molecule has 1 atom stereocenters. The summed E-state index contributed by atoms with van der Waals surface area (Å²) in [5, 5.41) is 9.09. The van der Waals surface area contributed by atoms with Crippen LogP contribution < -0.4 is 0 Å². The fourth-order valence-electron chi connectivity index (χ4n) is 2.43. The van der Waals surface area contributed by atoms with E-state index < -0.39 is 28.6 Å². The molecule has 2 heterocycles. The number of halogens is 1. The van der Waals surface area contributed by atoms with Crippen LogP contribution in [-0.4, -0.2) is 84.7 Å². The predicted molar refractivity (Wildman–Crippen MR) is 88.9 cm³/mol. The summed E-state index contributed by atoms with van der Waals surface area (Å²) in [7, 11) is -3.72. The number of ether oxygens (including phenoxy) is 1. The second kappa shape index (κ2) is 8.09. The molecule has 0 saturated carbocycles. The van der Waals surface area contributed by atoms with Crippen molar-refractivity contribution in [2.24, 2.45) is 0 Å². The number of carbonyl (C=O) groups excluding carboxylic acids is 1. The van der Waals surface area contributed by atoms with Gasteiger partial charge in [-0.3, -0.25) is 14.6 Å². The standard InChI is InChI=1S/C14H18ClN3O6S/c1-25(22,23)18(9-13(19)20)8-10-7-17(4-5-24-10)14(21)11-2-3-16-6-12(11)15/h2-3,6,10H,4-5,7-9H2,1H3,(H,19,20). The van der Waals surface area contributed by atoms with Crippen LogP contribution >= 0.6 is 11.6 Å². The van der Waals surface area contributed by atoms with Gasteiger partial charge < -0.3 is 14.7 Å². The lowest BCUT2D eigenvalue weighted by molar-refractivity contribution is -0.137. The summed E-state index contributed by atoms with van der Waals surface area (Å²) in [6.07, 6.45) is 3.12. The Morgan fingerprint density at radius 1 is 1.52 bits per heavy atom. The van der Waals surface area contributed by atoms with Gasteiger partial charge in [0.25, 0.3) is 5.91 Å². The van der Waals surface area contributed by atoms with Crippen LogP contribution in [-0.2, 0) is 19.6 Å². The van der Waals surface area contributed by atoms with E-state index in [4.69, 9.17) is 21.4 Å². The molecule has 1 saturated heterocycles. The Hall–Kier alpha value is -1.75. The maximum atomic E-state index is 12.6. The van der Waals surface area contributed by atoms with Crippen molar-refractivity contribution in [2.45, 2.75) is 6.10 Å². The molecule has 9 nitrogen and oxygen atoms in total. The molecular formula is C14H18ClN3O6S. The van der Waals surface area contributed by atoms with Gasteiger partial charge in [-0.05, 0) is 6.07 Å². The fourth-order valence-corrected chi connectivity index (χ4v) is 3.41. The first kappa shape index (κ1) is 19.6. The molecular weight excluding hydrogens is 374 g/mol. The van der Waals surface area contributed by atoms with Crippen molar-refractivity contribution in [3.8, 4) is 0 Å². The van der Waals surface area contributed by atoms with Gasteiger partial charge in [-0.25, -0.2) is 8.42 Å². The van der Waals surface area contributed by atoms with Crippen molar-refractivity contribution in [1.82, 2.24) is 14.2 Å². The van der Waals surface area contributed by atoms with E-state index in [1.165, 1.54) is 23.4 Å². The molecule has 1 aromatic rings. The molecule has 2 rings (SSSR count). The highest BCUT2D eigenvalue weighted by atomic mass is 35.5. The Morgan fingerprint density at radius 3 is 2.84 bits per heavy atom. The number of aliphatic carboxylic acids is 1. The van der Waals surface area contributed by atoms with Gasteiger partial charge in [0.15, 0.2) is 0 Å². The second-order valence-corrected chi connectivity index (χ2v) is 7.94. The first-order valence-electron chi connectivity index (χ1n) is 7.36. The van der Waals surface area contributed by atoms with Gasteiger partial charge in [0.2, 0.25) is 10.0 Å². The number of pyridine rings is 1. The van der Waals surface area contributed by atoms with Gasteiger partial charge >= 0.3 is 5.97 Å². The molecule has 1 N–H and O–H groups in total. The van der Waals surface area contributed by atoms with Crippen LogP contribution in [0.3, 0.4) is 0 Å². The highest BCUT2D eigenvalue weighted by molar-refractivity contribution is 7.88. The molecule has 1 aliphatic heterocycles. The molecule has 138 valence electrons. The van der Waals surface area contributed by atoms with Crippen LogP contribution in [0.4, 0.5) is 0 Å². The van der Waals surface area contributed by atoms with E-state index in [0.29, 0.717) is 12.1 Å². The maximum Gasteiger partial charge on any atom is 0.318 e. The van der Waals surface area contributed by atoms with Gasteiger partial charge in [-0.2, -0.15) is 4.31 Å². The van der Waals surface area contributed by atoms with Crippen LogP contribution in [0.15, 0.2) is 18.5 Å². The van der Waals surface area contributed by atoms with Gasteiger partial charge in [0.05, 0.1) is 29.6 Å². The van der Waals surface area contributed by atoms with Crippen LogP contribution in [0.5, 0.6) is 0 Å². The lowest BCUT2D eigenvalue weighted by Gasteiger charge is -2.35. The van der Waals surface area contributed by atoms with Crippen molar-refractivity contribution in [2.75, 3.05) is 39.0 Å². The van der Waals surface area contributed by atoms with E-state index >= 15 is 0 Å². The topological polar surface area (TPSA) is 117 Å². The minimum atomic E-state index is -3.72. The third-order valence-electron chi connectivity index (χ3n) is 3.62. The van der Waals surface area contributed by atoms with Crippen LogP contribution in [0.1, 0.15) is 10.4 Å². The number of hydrogen-bond donors (Lipinski definition) is 1. The van der Waals surface area contributed by atoms with Crippen LogP contribution in [0.2, 0.25) is 5.02 Å². The summed E-state index contributed by atoms with van der Waals surface area (Å²) in [5.74, 6) is -1.58. The van der Waals surface area contributed by atoms with Gasteiger partial charge in [0, 0.05) is 32.0 Å². The SMILES string of the molecule is CS(=O)(=O)N(CC(=O)O)CC1CN(C(=O)c2ccncc2Cl)CCO1. The average Bonchev–Trinajstić information content (AvgIpc) is 2.53. The third-order valence-corrected chi connectivity index (χ3v) is 5.13. The smallest absolute Gasteiger partial charge is 0.318 e. The Bertz CT molecular complexity index is 757. The minimum absolute atomic E-state index is 0.128. The van der Waals surface area contributed by atoms with Gasteiger partial charge in [-0.15, -0.1) is 0 Å². The largest absolute Gasteiger partial charge is 0.480 e. The lowest BCUT2D eigenvalue weighted by atomic mass is 10.2. The number of carbonyl (C=O) groups is 2. The van der Waals surface area contributed by atoms with E-state index in [2.05, 4.69) is 4.98 Å². The zero-order valence-corrected chi connectivity index (χ0v) is 15.0. The van der Waals surface area contributed by atoms with Gasteiger partial charge in [0.1, 0.15) is 6.54 Å². The molecule has 1 aliphatic rings. The third kappa shape index (κ3) is 5.36. The highest BCUT2D eigenvalue weighted by Gasteiger charge is 2.30. The zero-order valence-electron chi connectivity index (χ0n) is 13.5. The molecule has 0 radical (unpaired) electrons. The lowest BCUT2D eigenvalue weighted by Crippen LogP contribution is -2.51. The summed E-state index contributed by atoms with van der Waals surface area (Å²) in [6.45, 7) is -0.152.